The van der Waals surface area contributed by atoms with E-state index in [9.17, 15) is 28.2 Å². The Labute approximate surface area is 124 Å². The second kappa shape index (κ2) is 7.83. The van der Waals surface area contributed by atoms with Gasteiger partial charge < -0.3 is 19.8 Å². The minimum Gasteiger partial charge on any atom is -0.545 e. The van der Waals surface area contributed by atoms with E-state index >= 15 is 0 Å². The van der Waals surface area contributed by atoms with Gasteiger partial charge in [0.05, 0.1) is 11.9 Å². The average molecular weight is 240 g/mol. The van der Waals surface area contributed by atoms with E-state index in [0.29, 0.717) is 0 Å². The van der Waals surface area contributed by atoms with Gasteiger partial charge >= 0.3 is 59.1 Å². The topological polar surface area (TPSA) is 135 Å². The van der Waals surface area contributed by atoms with Crippen molar-refractivity contribution >= 4 is 22.1 Å². The van der Waals surface area contributed by atoms with Crippen molar-refractivity contribution in [3.63, 3.8) is 0 Å². The van der Waals surface area contributed by atoms with Gasteiger partial charge in [-0.2, -0.15) is 8.42 Å². The number of hydrogen-bond acceptors (Lipinski definition) is 6. The van der Waals surface area contributed by atoms with Gasteiger partial charge in [-0.25, -0.2) is 0 Å². The van der Waals surface area contributed by atoms with Gasteiger partial charge in [-0.1, -0.05) is 0 Å². The molecule has 0 fully saturated rings. The molecule has 0 radical (unpaired) electrons. The third kappa shape index (κ3) is 7.94. The summed E-state index contributed by atoms with van der Waals surface area (Å²) in [4.78, 5) is 17.8. The minimum absolute atomic E-state index is 0. The molecule has 10 heteroatoms. The predicted octanol–water partition coefficient (Wildman–Crippen LogP) is -9.73. The average Bonchev–Trinajstić information content (AvgIpc) is 1.79. The van der Waals surface area contributed by atoms with Crippen LogP contribution in [0.1, 0.15) is 0 Å². The quantitative estimate of drug-likeness (QED) is 0.294. The maximum Gasteiger partial charge on any atom is 1.00 e. The zero-order valence-corrected chi connectivity index (χ0v) is 12.2. The number of carboxylic acids is 2. The van der Waals surface area contributed by atoms with Crippen molar-refractivity contribution in [3.05, 3.63) is 11.0 Å². The van der Waals surface area contributed by atoms with E-state index < -0.39 is 27.0 Å². The van der Waals surface area contributed by atoms with Gasteiger partial charge in [-0.15, -0.1) is 0 Å². The third-order valence-corrected chi connectivity index (χ3v) is 1.57. The summed E-state index contributed by atoms with van der Waals surface area (Å²) in [6, 6.07) is 0. The molecule has 68 valence electrons. The normalized spacial score (nSPS) is 10.8. The first-order valence-electron chi connectivity index (χ1n) is 2.36. The Morgan fingerprint density at radius 2 is 1.50 bits per heavy atom. The number of carbonyl (C=O) groups is 2. The molecule has 0 unspecified atom stereocenters. The van der Waals surface area contributed by atoms with Crippen LogP contribution in [0.25, 0.3) is 0 Å². The molecule has 0 amide bonds. The summed E-state index contributed by atoms with van der Waals surface area (Å²) in [7, 11) is -5.08. The van der Waals surface area contributed by atoms with Crippen LogP contribution in [0.4, 0.5) is 0 Å². The fourth-order valence-electron chi connectivity index (χ4n) is 0.346. The largest absolute Gasteiger partial charge is 1.00 e. The molecule has 0 saturated heterocycles. The Morgan fingerprint density at radius 3 is 1.57 bits per heavy atom. The van der Waals surface area contributed by atoms with Crippen LogP contribution in [0.2, 0.25) is 0 Å². The Kier molecular flexibility index (Phi) is 11.2. The molecule has 0 aromatic rings. The summed E-state index contributed by atoms with van der Waals surface area (Å²) >= 11 is 0. The molecule has 0 aromatic carbocycles. The molecule has 0 heterocycles. The number of rotatable bonds is 3. The molecular weight excluding hydrogens is 238 g/mol. The number of aliphatic carboxylic acids is 2. The van der Waals surface area contributed by atoms with E-state index in [0.717, 1.165) is 0 Å². The summed E-state index contributed by atoms with van der Waals surface area (Å²) in [6.45, 7) is 0. The molecule has 0 spiro atoms. The van der Waals surface area contributed by atoms with Gasteiger partial charge in [0, 0.05) is 0 Å². The zero-order chi connectivity index (χ0) is 9.94. The first-order chi connectivity index (χ1) is 5.25. The van der Waals surface area contributed by atoms with Gasteiger partial charge in [0.2, 0.25) is 0 Å². The summed E-state index contributed by atoms with van der Waals surface area (Å²) in [5, 5.41) is 19.6. The molecule has 0 saturated carbocycles. The van der Waals surface area contributed by atoms with Gasteiger partial charge in [-0.05, 0) is 6.08 Å². The van der Waals surface area contributed by atoms with Crippen LogP contribution in [0.5, 0.6) is 0 Å². The van der Waals surface area contributed by atoms with Crippen LogP contribution in [0.3, 0.4) is 0 Å². The fourth-order valence-corrected chi connectivity index (χ4v) is 0.802. The molecule has 1 N–H and O–H groups in total. The standard InChI is InChI=1S/C4H4O7S.2Na/c5-3(6)1-2(4(7)8)12(9,10)11;;/h1H,(H,5,6)(H,7,8)(H,9,10,11);;/q;2*+1/p-2/b2-1+;;. The molecule has 0 aliphatic rings. The predicted molar refractivity (Wildman–Crippen MR) is 29.6 cm³/mol. The van der Waals surface area contributed by atoms with Crippen molar-refractivity contribution in [2.75, 3.05) is 0 Å². The van der Waals surface area contributed by atoms with Gasteiger partial charge in [0.1, 0.15) is 4.91 Å². The van der Waals surface area contributed by atoms with Crippen molar-refractivity contribution in [1.82, 2.24) is 0 Å². The van der Waals surface area contributed by atoms with E-state index in [1.54, 1.807) is 0 Å². The number of carbonyl (C=O) groups excluding carboxylic acids is 2. The Bertz CT molecular complexity index is 343. The smallest absolute Gasteiger partial charge is 0.545 e. The molecule has 0 aromatic heterocycles. The van der Waals surface area contributed by atoms with Gasteiger partial charge in [-0.3, -0.25) is 4.55 Å². The summed E-state index contributed by atoms with van der Waals surface area (Å²) in [6.07, 6.45) is -0.287. The van der Waals surface area contributed by atoms with Crippen LogP contribution in [0.15, 0.2) is 11.0 Å². The van der Waals surface area contributed by atoms with Crippen molar-refractivity contribution in [1.29, 1.82) is 0 Å². The van der Waals surface area contributed by atoms with Crippen molar-refractivity contribution in [3.8, 4) is 0 Å². The molecule has 0 aliphatic heterocycles. The van der Waals surface area contributed by atoms with E-state index in [2.05, 4.69) is 0 Å². The van der Waals surface area contributed by atoms with Crippen LogP contribution in [0, 0.1) is 0 Å². The van der Waals surface area contributed by atoms with Gasteiger partial charge in [0.25, 0.3) is 10.1 Å². The summed E-state index contributed by atoms with van der Waals surface area (Å²) in [5.41, 5.74) is 0. The van der Waals surface area contributed by atoms with Crippen molar-refractivity contribution in [2.24, 2.45) is 0 Å². The summed E-state index contributed by atoms with van der Waals surface area (Å²) < 4.78 is 28.3. The Balaban J connectivity index is -0.000000605. The molecule has 14 heavy (non-hydrogen) atoms. The first-order valence-corrected chi connectivity index (χ1v) is 3.80. The van der Waals surface area contributed by atoms with Crippen LogP contribution >= 0.6 is 0 Å². The molecule has 0 rings (SSSR count). The monoisotopic (exact) mass is 240 g/mol. The molecule has 0 atom stereocenters. The van der Waals surface area contributed by atoms with Crippen LogP contribution in [-0.2, 0) is 19.7 Å². The van der Waals surface area contributed by atoms with E-state index in [4.69, 9.17) is 4.55 Å². The second-order valence-corrected chi connectivity index (χ2v) is 2.98. The molecular formula is C4H2Na2O7S. The summed E-state index contributed by atoms with van der Waals surface area (Å²) in [5.74, 6) is -4.38. The molecule has 7 nitrogen and oxygen atoms in total. The van der Waals surface area contributed by atoms with Crippen LogP contribution < -0.4 is 69.3 Å². The number of hydrogen-bond donors (Lipinski definition) is 1. The first kappa shape index (κ1) is 20.1. The third-order valence-electron chi connectivity index (χ3n) is 0.728. The van der Waals surface area contributed by atoms with Gasteiger partial charge in [0.15, 0.2) is 0 Å². The fraction of sp³-hybridized carbons (Fsp3) is 0. The van der Waals surface area contributed by atoms with E-state index in [1.807, 2.05) is 0 Å². The maximum atomic E-state index is 10.1. The zero-order valence-electron chi connectivity index (χ0n) is 7.38. The molecule has 0 aliphatic carbocycles. The molecule has 0 bridgehead atoms. The minimum atomic E-state index is -5.08. The second-order valence-electron chi connectivity index (χ2n) is 1.59. The SMILES string of the molecule is O=C([O-])/C=C(\C(=O)[O-])S(=O)(=O)O.[Na+].[Na+]. The van der Waals surface area contributed by atoms with E-state index in [-0.39, 0.29) is 65.2 Å². The maximum absolute atomic E-state index is 10.1. The van der Waals surface area contributed by atoms with Crippen molar-refractivity contribution in [2.45, 2.75) is 0 Å². The number of carboxylic acid groups (broad SMARTS) is 2. The van der Waals surface area contributed by atoms with Crippen LogP contribution in [-0.4, -0.2) is 24.9 Å². The van der Waals surface area contributed by atoms with Crippen molar-refractivity contribution < 1.29 is 91.9 Å². The Morgan fingerprint density at radius 1 is 1.14 bits per heavy atom. The van der Waals surface area contributed by atoms with E-state index in [1.165, 1.54) is 0 Å². The Hall–Kier alpha value is 0.590.